The first-order valence-corrected chi connectivity index (χ1v) is 9.38. The largest absolute Gasteiger partial charge is 0.396 e. The Morgan fingerprint density at radius 3 is 2.65 bits per heavy atom. The Kier molecular flexibility index (Phi) is 4.41. The van der Waals surface area contributed by atoms with Gasteiger partial charge in [0.05, 0.1) is 20.1 Å². The molecule has 0 atom stereocenters. The van der Waals surface area contributed by atoms with Gasteiger partial charge in [-0.2, -0.15) is 0 Å². The predicted octanol–water partition coefficient (Wildman–Crippen LogP) is 3.13. The third-order valence-electron chi connectivity index (χ3n) is 2.90. The van der Waals surface area contributed by atoms with Gasteiger partial charge >= 0.3 is 0 Å². The van der Waals surface area contributed by atoms with Crippen molar-refractivity contribution in [2.24, 2.45) is 0 Å². The zero-order valence-electron chi connectivity index (χ0n) is 11.1. The first-order valence-electron chi connectivity index (χ1n) is 5.81. The third-order valence-corrected chi connectivity index (χ3v) is 5.60. The van der Waals surface area contributed by atoms with E-state index >= 15 is 0 Å². The number of halogens is 1. The van der Waals surface area contributed by atoms with E-state index < -0.39 is 9.84 Å². The van der Waals surface area contributed by atoms with Gasteiger partial charge in [0.2, 0.25) is 0 Å². The number of hydrogen-bond acceptors (Lipinski definition) is 5. The molecule has 0 amide bonds. The second-order valence-corrected chi connectivity index (χ2v) is 8.85. The lowest BCUT2D eigenvalue weighted by atomic mass is 10.2. The van der Waals surface area contributed by atoms with Gasteiger partial charge in [-0.3, -0.25) is 0 Å². The van der Waals surface area contributed by atoms with Gasteiger partial charge in [0.1, 0.15) is 0 Å². The average Bonchev–Trinajstić information content (AvgIpc) is 2.73. The number of anilines is 2. The topological polar surface area (TPSA) is 63.4 Å². The molecular formula is C13H15BrN2O2S2. The summed E-state index contributed by atoms with van der Waals surface area (Å²) in [6, 6.07) is 7.11. The summed E-state index contributed by atoms with van der Waals surface area (Å²) >= 11 is 5.04. The second-order valence-electron chi connectivity index (χ2n) is 4.58. The first kappa shape index (κ1) is 15.3. The minimum Gasteiger partial charge on any atom is -0.396 e. The van der Waals surface area contributed by atoms with Gasteiger partial charge in [-0.25, -0.2) is 8.42 Å². The Hall–Kier alpha value is -1.05. The minimum absolute atomic E-state index is 0.174. The summed E-state index contributed by atoms with van der Waals surface area (Å²) in [6.45, 7) is 0.666. The minimum atomic E-state index is -3.32. The van der Waals surface area contributed by atoms with E-state index in [2.05, 4.69) is 21.3 Å². The number of para-hydroxylation sites is 1. The summed E-state index contributed by atoms with van der Waals surface area (Å²) in [5.41, 5.74) is 8.16. The van der Waals surface area contributed by atoms with Crippen LogP contribution in [0.15, 0.2) is 38.3 Å². The number of thiophene rings is 1. The smallest absolute Gasteiger partial charge is 0.177 e. The SMILES string of the molecule is CN(Cc1csc(Br)c1)c1cccc(S(C)(=O)=O)c1N. The van der Waals surface area contributed by atoms with Crippen molar-refractivity contribution in [3.63, 3.8) is 0 Å². The Labute approximate surface area is 131 Å². The van der Waals surface area contributed by atoms with Crippen LogP contribution < -0.4 is 10.6 Å². The highest BCUT2D eigenvalue weighted by atomic mass is 79.9. The van der Waals surface area contributed by atoms with Crippen LogP contribution in [0, 0.1) is 0 Å². The van der Waals surface area contributed by atoms with Crippen molar-refractivity contribution < 1.29 is 8.42 Å². The average molecular weight is 375 g/mol. The summed E-state index contributed by atoms with van der Waals surface area (Å²) < 4.78 is 24.4. The number of sulfone groups is 1. The maximum absolute atomic E-state index is 11.7. The van der Waals surface area contributed by atoms with E-state index in [1.807, 2.05) is 24.1 Å². The maximum atomic E-state index is 11.7. The lowest BCUT2D eigenvalue weighted by molar-refractivity contribution is 0.602. The number of hydrogen-bond donors (Lipinski definition) is 1. The van der Waals surface area contributed by atoms with E-state index in [1.54, 1.807) is 17.4 Å². The van der Waals surface area contributed by atoms with Crippen LogP contribution in [0.5, 0.6) is 0 Å². The zero-order chi connectivity index (χ0) is 14.9. The van der Waals surface area contributed by atoms with Gasteiger partial charge in [0.15, 0.2) is 9.84 Å². The first-order chi connectivity index (χ1) is 9.29. The number of nitrogen functional groups attached to an aromatic ring is 1. The van der Waals surface area contributed by atoms with Crippen LogP contribution in [0.4, 0.5) is 11.4 Å². The fourth-order valence-electron chi connectivity index (χ4n) is 1.98. The van der Waals surface area contributed by atoms with E-state index in [0.717, 1.165) is 15.0 Å². The van der Waals surface area contributed by atoms with Gasteiger partial charge in [-0.1, -0.05) is 6.07 Å². The monoisotopic (exact) mass is 374 g/mol. The lowest BCUT2D eigenvalue weighted by Gasteiger charge is -2.21. The number of benzene rings is 1. The molecule has 0 aliphatic carbocycles. The van der Waals surface area contributed by atoms with Crippen molar-refractivity contribution in [3.8, 4) is 0 Å². The fourth-order valence-corrected chi connectivity index (χ4v) is 4.01. The maximum Gasteiger partial charge on any atom is 0.177 e. The summed E-state index contributed by atoms with van der Waals surface area (Å²) in [7, 11) is -1.42. The molecular weight excluding hydrogens is 360 g/mol. The van der Waals surface area contributed by atoms with Crippen molar-refractivity contribution in [1.82, 2.24) is 0 Å². The molecule has 0 saturated carbocycles. The molecule has 1 heterocycles. The zero-order valence-corrected chi connectivity index (χ0v) is 14.3. The molecule has 2 aromatic rings. The molecule has 108 valence electrons. The quantitative estimate of drug-likeness (QED) is 0.834. The van der Waals surface area contributed by atoms with E-state index in [1.165, 1.54) is 12.3 Å². The number of nitrogens with two attached hydrogens (primary N) is 1. The molecule has 0 unspecified atom stereocenters. The molecule has 20 heavy (non-hydrogen) atoms. The Morgan fingerprint density at radius 2 is 2.10 bits per heavy atom. The molecule has 0 spiro atoms. The molecule has 0 bridgehead atoms. The highest BCUT2D eigenvalue weighted by molar-refractivity contribution is 9.11. The molecule has 0 fully saturated rings. The standard InChI is InChI=1S/C13H15BrN2O2S2/c1-16(7-9-6-12(14)19-8-9)10-4-3-5-11(13(10)15)20(2,17)18/h3-6,8H,7,15H2,1-2H3. The van der Waals surface area contributed by atoms with Crippen LogP contribution in [0.3, 0.4) is 0 Å². The molecule has 0 aliphatic heterocycles. The molecule has 7 heteroatoms. The summed E-state index contributed by atoms with van der Waals surface area (Å²) in [6.07, 6.45) is 1.17. The third kappa shape index (κ3) is 3.34. The van der Waals surface area contributed by atoms with Gasteiger partial charge in [0, 0.05) is 19.8 Å². The molecule has 0 radical (unpaired) electrons. The number of rotatable bonds is 4. The molecule has 0 saturated heterocycles. The summed E-state index contributed by atoms with van der Waals surface area (Å²) in [5.74, 6) is 0. The fraction of sp³-hybridized carbons (Fsp3) is 0.231. The predicted molar refractivity (Wildman–Crippen MR) is 88.1 cm³/mol. The molecule has 0 aliphatic rings. The van der Waals surface area contributed by atoms with Crippen LogP contribution in [0.2, 0.25) is 0 Å². The lowest BCUT2D eigenvalue weighted by Crippen LogP contribution is -2.18. The Bertz CT molecular complexity index is 726. The molecule has 1 aromatic carbocycles. The van der Waals surface area contributed by atoms with E-state index in [-0.39, 0.29) is 4.90 Å². The summed E-state index contributed by atoms with van der Waals surface area (Å²) in [5, 5.41) is 2.05. The molecule has 2 N–H and O–H groups in total. The van der Waals surface area contributed by atoms with Crippen LogP contribution >= 0.6 is 27.3 Å². The highest BCUT2D eigenvalue weighted by Crippen LogP contribution is 2.30. The van der Waals surface area contributed by atoms with E-state index in [0.29, 0.717) is 12.2 Å². The van der Waals surface area contributed by atoms with Gasteiger partial charge in [-0.05, 0) is 45.1 Å². The van der Waals surface area contributed by atoms with Gasteiger partial charge < -0.3 is 10.6 Å². The van der Waals surface area contributed by atoms with E-state index in [4.69, 9.17) is 5.73 Å². The Morgan fingerprint density at radius 1 is 1.40 bits per heavy atom. The van der Waals surface area contributed by atoms with Crippen molar-refractivity contribution in [1.29, 1.82) is 0 Å². The van der Waals surface area contributed by atoms with Gasteiger partial charge in [0.25, 0.3) is 0 Å². The van der Waals surface area contributed by atoms with Crippen molar-refractivity contribution in [3.05, 3.63) is 39.0 Å². The van der Waals surface area contributed by atoms with Crippen molar-refractivity contribution in [2.45, 2.75) is 11.4 Å². The molecule has 4 nitrogen and oxygen atoms in total. The van der Waals surface area contributed by atoms with Gasteiger partial charge in [-0.15, -0.1) is 11.3 Å². The van der Waals surface area contributed by atoms with Crippen LogP contribution in [0.1, 0.15) is 5.56 Å². The van der Waals surface area contributed by atoms with Crippen molar-refractivity contribution in [2.75, 3.05) is 23.9 Å². The molecule has 1 aromatic heterocycles. The van der Waals surface area contributed by atoms with Crippen LogP contribution in [-0.2, 0) is 16.4 Å². The van der Waals surface area contributed by atoms with Crippen molar-refractivity contribution >= 4 is 48.5 Å². The Balaban J connectivity index is 2.33. The van der Waals surface area contributed by atoms with E-state index in [9.17, 15) is 8.42 Å². The summed E-state index contributed by atoms with van der Waals surface area (Å²) in [4.78, 5) is 2.12. The molecule has 2 rings (SSSR count). The number of nitrogens with zero attached hydrogens (tertiary/aromatic N) is 1. The highest BCUT2D eigenvalue weighted by Gasteiger charge is 2.16. The normalized spacial score (nSPS) is 11.6. The van der Waals surface area contributed by atoms with Crippen LogP contribution in [0.25, 0.3) is 0 Å². The van der Waals surface area contributed by atoms with Crippen LogP contribution in [-0.4, -0.2) is 21.7 Å². The second kappa shape index (κ2) is 5.75.